The molecule has 1 aromatic carbocycles. The van der Waals surface area contributed by atoms with E-state index in [4.69, 9.17) is 14.6 Å². The standard InChI is InChI=1S/C24H34N4O5S.C2HF3O2/c1-18(2)33-15-7-12-27(3)20-10-13-28(14-11-20)23-22(16-19(17-25-23)24(29)30)26-34(31,32)21-8-5-4-6-9-21;3-2(4,5)1(6)7/h4-6,8-9,16-18,20,26H,7,10-15H2,1-3H3,(H,29,30);(H,6,7). The van der Waals surface area contributed by atoms with Gasteiger partial charge in [0.2, 0.25) is 0 Å². The van der Waals surface area contributed by atoms with Crippen LogP contribution in [0, 0.1) is 0 Å². The number of benzene rings is 1. The first-order chi connectivity index (χ1) is 19.1. The number of alkyl halides is 3. The number of pyridine rings is 1. The van der Waals surface area contributed by atoms with E-state index in [1.807, 2.05) is 18.7 Å². The normalized spacial score (nSPS) is 14.5. The number of carboxylic acid groups (broad SMARTS) is 2. The number of halogens is 3. The number of aromatic nitrogens is 1. The highest BCUT2D eigenvalue weighted by atomic mass is 32.2. The van der Waals surface area contributed by atoms with E-state index in [1.54, 1.807) is 18.2 Å². The summed E-state index contributed by atoms with van der Waals surface area (Å²) in [4.78, 5) is 29.2. The summed E-state index contributed by atoms with van der Waals surface area (Å²) in [5.74, 6) is -3.48. The lowest BCUT2D eigenvalue weighted by Gasteiger charge is -2.38. The van der Waals surface area contributed by atoms with E-state index < -0.39 is 28.1 Å². The summed E-state index contributed by atoms with van der Waals surface area (Å²) >= 11 is 0. The van der Waals surface area contributed by atoms with Gasteiger partial charge in [-0.05, 0) is 58.4 Å². The number of ether oxygens (including phenoxy) is 1. The number of nitrogens with one attached hydrogen (secondary N) is 1. The first-order valence-corrected chi connectivity index (χ1v) is 14.3. The predicted molar refractivity (Wildman–Crippen MR) is 146 cm³/mol. The zero-order valence-electron chi connectivity index (χ0n) is 23.0. The van der Waals surface area contributed by atoms with Gasteiger partial charge in [0.1, 0.15) is 0 Å². The van der Waals surface area contributed by atoms with Crippen LogP contribution in [0.15, 0.2) is 47.5 Å². The van der Waals surface area contributed by atoms with Gasteiger partial charge in [0, 0.05) is 38.5 Å². The molecule has 3 N–H and O–H groups in total. The lowest BCUT2D eigenvalue weighted by Crippen LogP contribution is -2.44. The van der Waals surface area contributed by atoms with Crippen molar-refractivity contribution >= 4 is 33.5 Å². The number of nitrogens with zero attached hydrogens (tertiary/aromatic N) is 3. The minimum absolute atomic E-state index is 0.0762. The van der Waals surface area contributed by atoms with Crippen LogP contribution in [0.3, 0.4) is 0 Å². The first kappa shape index (κ1) is 33.8. The van der Waals surface area contributed by atoms with Gasteiger partial charge in [-0.25, -0.2) is 23.0 Å². The Labute approximate surface area is 237 Å². The molecule has 15 heteroatoms. The Morgan fingerprint density at radius 2 is 1.76 bits per heavy atom. The van der Waals surface area contributed by atoms with E-state index in [9.17, 15) is 31.5 Å². The summed E-state index contributed by atoms with van der Waals surface area (Å²) in [5, 5.41) is 16.5. The van der Waals surface area contributed by atoms with E-state index >= 15 is 0 Å². The zero-order chi connectivity index (χ0) is 30.8. The number of hydrogen-bond donors (Lipinski definition) is 3. The second kappa shape index (κ2) is 15.0. The zero-order valence-corrected chi connectivity index (χ0v) is 23.8. The SMILES string of the molecule is CC(C)OCCCN(C)C1CCN(c2ncc(C(=O)O)cc2NS(=O)(=O)c2ccccc2)CC1.O=C(O)C(F)(F)F. The van der Waals surface area contributed by atoms with Gasteiger partial charge in [0.25, 0.3) is 10.0 Å². The maximum Gasteiger partial charge on any atom is 0.490 e. The Bertz CT molecular complexity index is 1250. The average Bonchev–Trinajstić information content (AvgIpc) is 2.91. The fourth-order valence-electron chi connectivity index (χ4n) is 4.04. The molecule has 0 atom stereocenters. The average molecular weight is 605 g/mol. The third-order valence-electron chi connectivity index (χ3n) is 6.15. The molecule has 1 saturated heterocycles. The minimum atomic E-state index is -5.08. The van der Waals surface area contributed by atoms with Gasteiger partial charge in [-0.1, -0.05) is 18.2 Å². The topological polar surface area (TPSA) is 149 Å². The Kier molecular flexibility index (Phi) is 12.3. The van der Waals surface area contributed by atoms with E-state index in [2.05, 4.69) is 21.7 Å². The van der Waals surface area contributed by atoms with Crippen molar-refractivity contribution in [3.63, 3.8) is 0 Å². The lowest BCUT2D eigenvalue weighted by molar-refractivity contribution is -0.192. The van der Waals surface area contributed by atoms with Crippen LogP contribution < -0.4 is 9.62 Å². The predicted octanol–water partition coefficient (Wildman–Crippen LogP) is 3.93. The monoisotopic (exact) mass is 604 g/mol. The molecule has 0 spiro atoms. The Balaban J connectivity index is 0.000000745. The molecule has 0 saturated carbocycles. The van der Waals surface area contributed by atoms with Crippen molar-refractivity contribution < 1.29 is 46.1 Å². The summed E-state index contributed by atoms with van der Waals surface area (Å²) in [5.41, 5.74) is 0.0918. The minimum Gasteiger partial charge on any atom is -0.478 e. The quantitative estimate of drug-likeness (QED) is 0.322. The summed E-state index contributed by atoms with van der Waals surface area (Å²) in [6, 6.07) is 9.73. The van der Waals surface area contributed by atoms with E-state index in [0.717, 1.165) is 32.4 Å². The maximum absolute atomic E-state index is 12.9. The Morgan fingerprint density at radius 1 is 1.17 bits per heavy atom. The maximum atomic E-state index is 12.9. The highest BCUT2D eigenvalue weighted by Crippen LogP contribution is 2.30. The van der Waals surface area contributed by atoms with Crippen LogP contribution in [0.25, 0.3) is 0 Å². The summed E-state index contributed by atoms with van der Waals surface area (Å²) in [7, 11) is -1.77. The number of aliphatic carboxylic acids is 1. The molecular weight excluding hydrogens is 569 g/mol. The smallest absolute Gasteiger partial charge is 0.478 e. The third-order valence-corrected chi connectivity index (χ3v) is 7.53. The molecule has 1 aromatic heterocycles. The fraction of sp³-hybridized carbons (Fsp3) is 0.500. The van der Waals surface area contributed by atoms with Gasteiger partial charge >= 0.3 is 18.1 Å². The summed E-state index contributed by atoms with van der Waals surface area (Å²) in [6.45, 7) is 7.14. The molecule has 1 aliphatic heterocycles. The van der Waals surface area contributed by atoms with E-state index in [0.29, 0.717) is 24.9 Å². The molecule has 3 rings (SSSR count). The molecule has 0 amide bonds. The molecule has 228 valence electrons. The lowest BCUT2D eigenvalue weighted by atomic mass is 10.0. The molecular formula is C26H35F3N4O7S. The van der Waals surface area contributed by atoms with Crippen LogP contribution in [-0.4, -0.2) is 92.1 Å². The molecule has 2 aromatic rings. The van der Waals surface area contributed by atoms with Gasteiger partial charge in [0.15, 0.2) is 5.82 Å². The number of sulfonamides is 1. The molecule has 0 unspecified atom stereocenters. The van der Waals surface area contributed by atoms with Gasteiger partial charge in [-0.3, -0.25) is 4.72 Å². The van der Waals surface area contributed by atoms with Crippen LogP contribution >= 0.6 is 0 Å². The Morgan fingerprint density at radius 3 is 2.27 bits per heavy atom. The van der Waals surface area contributed by atoms with Crippen molar-refractivity contribution in [1.29, 1.82) is 0 Å². The summed E-state index contributed by atoms with van der Waals surface area (Å²) in [6.07, 6.45) is -0.811. The van der Waals surface area contributed by atoms with Crippen LogP contribution in [0.5, 0.6) is 0 Å². The van der Waals surface area contributed by atoms with E-state index in [1.165, 1.54) is 24.4 Å². The van der Waals surface area contributed by atoms with Gasteiger partial charge in [-0.15, -0.1) is 0 Å². The molecule has 0 aliphatic carbocycles. The van der Waals surface area contributed by atoms with Gasteiger partial charge in [0.05, 0.1) is 22.3 Å². The Hall–Kier alpha value is -3.43. The van der Waals surface area contributed by atoms with Crippen molar-refractivity contribution in [2.24, 2.45) is 0 Å². The summed E-state index contributed by atoms with van der Waals surface area (Å²) < 4.78 is 65.7. The molecule has 0 bridgehead atoms. The second-order valence-electron chi connectivity index (χ2n) is 9.59. The number of carboxylic acids is 2. The largest absolute Gasteiger partial charge is 0.490 e. The third kappa shape index (κ3) is 10.8. The number of hydrogen-bond acceptors (Lipinski definition) is 8. The number of carbonyl (C=O) groups is 2. The number of rotatable bonds is 11. The van der Waals surface area contributed by atoms with Crippen LogP contribution in [0.4, 0.5) is 24.7 Å². The first-order valence-electron chi connectivity index (χ1n) is 12.8. The van der Waals surface area contributed by atoms with Gasteiger partial charge in [-0.2, -0.15) is 13.2 Å². The molecule has 1 fully saturated rings. The van der Waals surface area contributed by atoms with Crippen molar-refractivity contribution in [3.8, 4) is 0 Å². The van der Waals surface area contributed by atoms with E-state index in [-0.39, 0.29) is 22.3 Å². The van der Waals surface area contributed by atoms with Crippen molar-refractivity contribution in [1.82, 2.24) is 9.88 Å². The van der Waals surface area contributed by atoms with Gasteiger partial charge < -0.3 is 24.7 Å². The molecule has 2 heterocycles. The molecule has 41 heavy (non-hydrogen) atoms. The van der Waals surface area contributed by atoms with Crippen LogP contribution in [-0.2, 0) is 19.6 Å². The highest BCUT2D eigenvalue weighted by Gasteiger charge is 2.38. The number of piperidine rings is 1. The molecule has 1 aliphatic rings. The van der Waals surface area contributed by atoms with Crippen molar-refractivity contribution in [2.75, 3.05) is 42.9 Å². The fourth-order valence-corrected chi connectivity index (χ4v) is 5.11. The molecule has 11 nitrogen and oxygen atoms in total. The number of anilines is 2. The van der Waals surface area contributed by atoms with Crippen LogP contribution in [0.2, 0.25) is 0 Å². The second-order valence-corrected chi connectivity index (χ2v) is 11.3. The van der Waals surface area contributed by atoms with Crippen molar-refractivity contribution in [3.05, 3.63) is 48.2 Å². The number of aromatic carboxylic acids is 1. The van der Waals surface area contributed by atoms with Crippen molar-refractivity contribution in [2.45, 2.75) is 56.3 Å². The molecule has 0 radical (unpaired) electrons. The van der Waals surface area contributed by atoms with Crippen LogP contribution in [0.1, 0.15) is 43.5 Å². The highest BCUT2D eigenvalue weighted by molar-refractivity contribution is 7.92.